The third kappa shape index (κ3) is 4.03. The van der Waals surface area contributed by atoms with E-state index in [9.17, 15) is 0 Å². The van der Waals surface area contributed by atoms with Crippen molar-refractivity contribution in [3.8, 4) is 28.1 Å². The van der Waals surface area contributed by atoms with Gasteiger partial charge in [-0.2, -0.15) is 0 Å². The van der Waals surface area contributed by atoms with Crippen LogP contribution in [-0.4, -0.2) is 9.55 Å². The SMILES string of the molecule is c1ccc(C2(c3ccc4c5ccccc5n(-c5cc(-c6ccc7ccccc7c6)c6ccccc6n5)c4c3)c3ccccc3-c3ccccc32)cc1. The van der Waals surface area contributed by atoms with Gasteiger partial charge in [-0.15, -0.1) is 0 Å². The summed E-state index contributed by atoms with van der Waals surface area (Å²) in [5, 5.41) is 6.04. The first-order chi connectivity index (χ1) is 25.8. The monoisotopic (exact) mass is 660 g/mol. The van der Waals surface area contributed by atoms with E-state index in [0.717, 1.165) is 27.8 Å². The lowest BCUT2D eigenvalue weighted by Crippen LogP contribution is -2.28. The molecule has 2 nitrogen and oxygen atoms in total. The van der Waals surface area contributed by atoms with Gasteiger partial charge in [-0.3, -0.25) is 4.57 Å². The average Bonchev–Trinajstić information content (AvgIpc) is 3.71. The number of hydrogen-bond acceptors (Lipinski definition) is 1. The number of pyridine rings is 1. The summed E-state index contributed by atoms with van der Waals surface area (Å²) in [6, 6.07) is 71.0. The lowest BCUT2D eigenvalue weighted by molar-refractivity contribution is 0.769. The van der Waals surface area contributed by atoms with Crippen LogP contribution in [-0.2, 0) is 5.41 Å². The first kappa shape index (κ1) is 29.0. The summed E-state index contributed by atoms with van der Waals surface area (Å²) in [7, 11) is 0. The van der Waals surface area contributed by atoms with Crippen LogP contribution in [0.5, 0.6) is 0 Å². The largest absolute Gasteiger partial charge is 0.294 e. The first-order valence-electron chi connectivity index (χ1n) is 18.0. The molecule has 11 rings (SSSR count). The normalized spacial score (nSPS) is 13.2. The van der Waals surface area contributed by atoms with Crippen LogP contribution in [0.4, 0.5) is 0 Å². The molecule has 242 valence electrons. The van der Waals surface area contributed by atoms with Crippen molar-refractivity contribution in [3.05, 3.63) is 216 Å². The number of para-hydroxylation sites is 2. The molecule has 10 aromatic rings. The molecule has 0 aliphatic heterocycles. The Balaban J connectivity index is 1.23. The Hall–Kier alpha value is -6.77. The maximum atomic E-state index is 5.40. The maximum absolute atomic E-state index is 5.40. The van der Waals surface area contributed by atoms with Crippen molar-refractivity contribution in [1.29, 1.82) is 0 Å². The van der Waals surface area contributed by atoms with Crippen LogP contribution >= 0.6 is 0 Å². The van der Waals surface area contributed by atoms with Gasteiger partial charge in [0.05, 0.1) is 22.0 Å². The van der Waals surface area contributed by atoms with E-state index in [0.29, 0.717) is 0 Å². The molecule has 0 atom stereocenters. The van der Waals surface area contributed by atoms with Gasteiger partial charge in [0.25, 0.3) is 0 Å². The highest BCUT2D eigenvalue weighted by molar-refractivity contribution is 6.10. The fourth-order valence-electron chi connectivity index (χ4n) is 9.03. The molecular formula is C50H32N2. The van der Waals surface area contributed by atoms with E-state index in [1.807, 2.05) is 0 Å². The Morgan fingerprint density at radius 1 is 0.385 bits per heavy atom. The van der Waals surface area contributed by atoms with Gasteiger partial charge in [-0.25, -0.2) is 4.98 Å². The zero-order chi connectivity index (χ0) is 34.2. The van der Waals surface area contributed by atoms with E-state index < -0.39 is 5.41 Å². The molecular weight excluding hydrogens is 629 g/mol. The number of aromatic nitrogens is 2. The molecule has 8 aromatic carbocycles. The number of nitrogens with zero attached hydrogens (tertiary/aromatic N) is 2. The Labute approximate surface area is 301 Å². The molecule has 2 aromatic heterocycles. The quantitative estimate of drug-likeness (QED) is 0.184. The highest BCUT2D eigenvalue weighted by atomic mass is 15.1. The molecule has 0 bridgehead atoms. The van der Waals surface area contributed by atoms with Gasteiger partial charge in [-0.05, 0) is 85.6 Å². The minimum Gasteiger partial charge on any atom is -0.294 e. The topological polar surface area (TPSA) is 17.8 Å². The van der Waals surface area contributed by atoms with E-state index in [-0.39, 0.29) is 0 Å². The summed E-state index contributed by atoms with van der Waals surface area (Å²) >= 11 is 0. The lowest BCUT2D eigenvalue weighted by atomic mass is 9.67. The van der Waals surface area contributed by atoms with Gasteiger partial charge in [-0.1, -0.05) is 164 Å². The average molecular weight is 661 g/mol. The van der Waals surface area contributed by atoms with Gasteiger partial charge < -0.3 is 0 Å². The zero-order valence-corrected chi connectivity index (χ0v) is 28.4. The van der Waals surface area contributed by atoms with Gasteiger partial charge in [0.1, 0.15) is 5.82 Å². The molecule has 0 N–H and O–H groups in total. The van der Waals surface area contributed by atoms with E-state index in [2.05, 4.69) is 199 Å². The summed E-state index contributed by atoms with van der Waals surface area (Å²) < 4.78 is 2.39. The number of fused-ring (bicyclic) bond motifs is 8. The molecule has 1 aliphatic rings. The highest BCUT2D eigenvalue weighted by Gasteiger charge is 2.46. The second-order valence-electron chi connectivity index (χ2n) is 13.9. The van der Waals surface area contributed by atoms with E-state index in [1.165, 1.54) is 66.1 Å². The third-order valence-corrected chi connectivity index (χ3v) is 11.3. The van der Waals surface area contributed by atoms with Crippen LogP contribution in [0.2, 0.25) is 0 Å². The molecule has 0 saturated heterocycles. The van der Waals surface area contributed by atoms with Crippen molar-refractivity contribution in [1.82, 2.24) is 9.55 Å². The Kier molecular flexibility index (Phi) is 6.20. The van der Waals surface area contributed by atoms with Crippen molar-refractivity contribution in [3.63, 3.8) is 0 Å². The molecule has 0 radical (unpaired) electrons. The predicted octanol–water partition coefficient (Wildman–Crippen LogP) is 12.5. The highest BCUT2D eigenvalue weighted by Crippen LogP contribution is 2.56. The Bertz CT molecular complexity index is 2980. The lowest BCUT2D eigenvalue weighted by Gasteiger charge is -2.34. The fraction of sp³-hybridized carbons (Fsp3) is 0.0200. The summed E-state index contributed by atoms with van der Waals surface area (Å²) in [5.41, 5.74) is 12.8. The van der Waals surface area contributed by atoms with Crippen LogP contribution in [0, 0.1) is 0 Å². The van der Waals surface area contributed by atoms with Gasteiger partial charge in [0.2, 0.25) is 0 Å². The fourth-order valence-corrected chi connectivity index (χ4v) is 9.03. The smallest absolute Gasteiger partial charge is 0.138 e. The van der Waals surface area contributed by atoms with Crippen molar-refractivity contribution < 1.29 is 0 Å². The number of hydrogen-bond donors (Lipinski definition) is 0. The van der Waals surface area contributed by atoms with E-state index >= 15 is 0 Å². The molecule has 0 saturated carbocycles. The number of benzene rings is 8. The molecule has 2 heteroatoms. The summed E-state index contributed by atoms with van der Waals surface area (Å²) in [5.74, 6) is 0.909. The maximum Gasteiger partial charge on any atom is 0.138 e. The second-order valence-corrected chi connectivity index (χ2v) is 13.9. The van der Waals surface area contributed by atoms with E-state index in [1.54, 1.807) is 0 Å². The third-order valence-electron chi connectivity index (χ3n) is 11.3. The molecule has 0 spiro atoms. The molecule has 2 heterocycles. The first-order valence-corrected chi connectivity index (χ1v) is 18.0. The Morgan fingerprint density at radius 3 is 1.83 bits per heavy atom. The van der Waals surface area contributed by atoms with Crippen LogP contribution in [0.3, 0.4) is 0 Å². The van der Waals surface area contributed by atoms with E-state index in [4.69, 9.17) is 4.98 Å². The standard InChI is InChI=1S/C50H32N2/c1-2-16-36(17-3-1)50(44-22-10-6-18-38(44)39-19-7-11-23-45(39)50)37-28-29-42-41-21-9-13-25-47(41)52(48(42)31-37)49-32-43(40-20-8-12-24-46(40)51-49)35-27-26-33-14-4-5-15-34(33)30-35/h1-32H. The number of rotatable bonds is 4. The zero-order valence-electron chi connectivity index (χ0n) is 28.4. The van der Waals surface area contributed by atoms with Crippen LogP contribution in [0.1, 0.15) is 22.3 Å². The van der Waals surface area contributed by atoms with Crippen molar-refractivity contribution in [2.24, 2.45) is 0 Å². The molecule has 52 heavy (non-hydrogen) atoms. The molecule has 0 fully saturated rings. The predicted molar refractivity (Wildman–Crippen MR) is 216 cm³/mol. The minimum absolute atomic E-state index is 0.489. The molecule has 0 amide bonds. The molecule has 0 unspecified atom stereocenters. The van der Waals surface area contributed by atoms with Crippen molar-refractivity contribution in [2.75, 3.05) is 0 Å². The van der Waals surface area contributed by atoms with Crippen LogP contribution in [0.25, 0.3) is 71.6 Å². The van der Waals surface area contributed by atoms with Crippen LogP contribution < -0.4 is 0 Å². The summed E-state index contributed by atoms with van der Waals surface area (Å²) in [6.07, 6.45) is 0. The van der Waals surface area contributed by atoms with Crippen molar-refractivity contribution >= 4 is 43.5 Å². The summed E-state index contributed by atoms with van der Waals surface area (Å²) in [6.45, 7) is 0. The van der Waals surface area contributed by atoms with Crippen LogP contribution in [0.15, 0.2) is 194 Å². The summed E-state index contributed by atoms with van der Waals surface area (Å²) in [4.78, 5) is 5.40. The Morgan fingerprint density at radius 2 is 1.02 bits per heavy atom. The van der Waals surface area contributed by atoms with Gasteiger partial charge >= 0.3 is 0 Å². The van der Waals surface area contributed by atoms with Crippen molar-refractivity contribution in [2.45, 2.75) is 5.41 Å². The van der Waals surface area contributed by atoms with Gasteiger partial charge in [0, 0.05) is 16.2 Å². The van der Waals surface area contributed by atoms with Gasteiger partial charge in [0.15, 0.2) is 0 Å². The second kappa shape index (κ2) is 11.1. The molecule has 1 aliphatic carbocycles. The minimum atomic E-state index is -0.489.